The average molecular weight is 269 g/mol. The summed E-state index contributed by atoms with van der Waals surface area (Å²) in [5, 5.41) is 0. The molecule has 0 radical (unpaired) electrons. The Balaban J connectivity index is 2.04. The lowest BCUT2D eigenvalue weighted by molar-refractivity contribution is 0.315. The van der Waals surface area contributed by atoms with E-state index in [0.717, 1.165) is 11.0 Å². The minimum Gasteiger partial charge on any atom is -0.370 e. The van der Waals surface area contributed by atoms with Crippen molar-refractivity contribution in [1.29, 1.82) is 0 Å². The molecule has 0 aromatic heterocycles. The Morgan fingerprint density at radius 1 is 1.27 bits per heavy atom. The van der Waals surface area contributed by atoms with E-state index >= 15 is 0 Å². The quantitative estimate of drug-likeness (QED) is 0.814. The number of hydrogen-bond donors (Lipinski definition) is 0. The Morgan fingerprint density at radius 2 is 1.93 bits per heavy atom. The van der Waals surface area contributed by atoms with Gasteiger partial charge in [0.15, 0.2) is 0 Å². The maximum atomic E-state index is 3.46. The summed E-state index contributed by atoms with van der Waals surface area (Å²) in [7, 11) is 4.32. The molecule has 1 aromatic rings. The van der Waals surface area contributed by atoms with Crippen LogP contribution in [0.2, 0.25) is 0 Å². The van der Waals surface area contributed by atoms with Gasteiger partial charge < -0.3 is 9.80 Å². The molecule has 82 valence electrons. The number of likely N-dealkylation sites (N-methyl/N-ethyl adjacent to an activating group) is 1. The Bertz CT molecular complexity index is 321. The summed E-state index contributed by atoms with van der Waals surface area (Å²) in [5.74, 6) is 0. The summed E-state index contributed by atoms with van der Waals surface area (Å²) in [6.07, 6.45) is 1.27. The number of anilines is 1. The predicted octanol–water partition coefficient (Wildman–Crippen LogP) is 2.59. The second kappa shape index (κ2) is 4.54. The van der Waals surface area contributed by atoms with Crippen molar-refractivity contribution in [2.75, 3.05) is 32.1 Å². The van der Waals surface area contributed by atoms with Crippen molar-refractivity contribution in [2.24, 2.45) is 0 Å². The summed E-state index contributed by atoms with van der Waals surface area (Å²) >= 11 is 3.46. The second-order valence-electron chi connectivity index (χ2n) is 4.33. The Morgan fingerprint density at radius 3 is 2.47 bits per heavy atom. The van der Waals surface area contributed by atoms with Crippen molar-refractivity contribution in [3.63, 3.8) is 0 Å². The summed E-state index contributed by atoms with van der Waals surface area (Å²) in [4.78, 5) is 4.77. The lowest BCUT2D eigenvalue weighted by Gasteiger charge is -2.21. The van der Waals surface area contributed by atoms with Gasteiger partial charge in [-0.25, -0.2) is 0 Å². The van der Waals surface area contributed by atoms with Crippen LogP contribution in [0.15, 0.2) is 28.7 Å². The van der Waals surface area contributed by atoms with Crippen LogP contribution in [0.5, 0.6) is 0 Å². The highest BCUT2D eigenvalue weighted by molar-refractivity contribution is 9.10. The van der Waals surface area contributed by atoms with Crippen LogP contribution in [-0.4, -0.2) is 38.1 Å². The first kappa shape index (κ1) is 11.0. The zero-order chi connectivity index (χ0) is 10.8. The largest absolute Gasteiger partial charge is 0.370 e. The van der Waals surface area contributed by atoms with Crippen molar-refractivity contribution >= 4 is 21.6 Å². The van der Waals surface area contributed by atoms with E-state index in [1.807, 2.05) is 0 Å². The fourth-order valence-corrected chi connectivity index (χ4v) is 2.31. The third-order valence-corrected chi connectivity index (χ3v) is 3.61. The first-order valence-corrected chi connectivity index (χ1v) is 6.13. The SMILES string of the molecule is CN(C)[C@H]1CCN(c2ccc(Br)cc2)C1. The van der Waals surface area contributed by atoms with Gasteiger partial charge in [0.25, 0.3) is 0 Å². The highest BCUT2D eigenvalue weighted by atomic mass is 79.9. The Labute approximate surface area is 100 Å². The first-order valence-electron chi connectivity index (χ1n) is 5.34. The molecule has 1 fully saturated rings. The van der Waals surface area contributed by atoms with E-state index in [-0.39, 0.29) is 0 Å². The third-order valence-electron chi connectivity index (χ3n) is 3.09. The number of benzene rings is 1. The molecule has 1 aliphatic rings. The minimum atomic E-state index is 0.702. The molecule has 0 amide bonds. The van der Waals surface area contributed by atoms with E-state index in [0.29, 0.717) is 6.04 Å². The van der Waals surface area contributed by atoms with Crippen LogP contribution in [0.4, 0.5) is 5.69 Å². The highest BCUT2D eigenvalue weighted by Crippen LogP contribution is 2.23. The number of nitrogens with zero attached hydrogens (tertiary/aromatic N) is 2. The molecule has 2 nitrogen and oxygen atoms in total. The maximum absolute atomic E-state index is 3.46. The number of halogens is 1. The second-order valence-corrected chi connectivity index (χ2v) is 5.24. The number of hydrogen-bond acceptors (Lipinski definition) is 2. The van der Waals surface area contributed by atoms with Crippen molar-refractivity contribution in [3.8, 4) is 0 Å². The number of rotatable bonds is 2. The lowest BCUT2D eigenvalue weighted by Crippen LogP contribution is -2.31. The molecule has 1 saturated heterocycles. The summed E-state index contributed by atoms with van der Waals surface area (Å²) in [6.45, 7) is 2.32. The van der Waals surface area contributed by atoms with Crippen molar-refractivity contribution in [1.82, 2.24) is 4.90 Å². The van der Waals surface area contributed by atoms with Gasteiger partial charge in [0.05, 0.1) is 0 Å². The maximum Gasteiger partial charge on any atom is 0.0367 e. The standard InChI is InChI=1S/C12H17BrN2/c1-14(2)12-7-8-15(9-12)11-5-3-10(13)4-6-11/h3-6,12H,7-9H2,1-2H3/t12-/m0/s1. The lowest BCUT2D eigenvalue weighted by atomic mass is 10.2. The van der Waals surface area contributed by atoms with Gasteiger partial charge in [-0.1, -0.05) is 15.9 Å². The van der Waals surface area contributed by atoms with Crippen LogP contribution in [0.1, 0.15) is 6.42 Å². The monoisotopic (exact) mass is 268 g/mol. The van der Waals surface area contributed by atoms with E-state index in [2.05, 4.69) is 64.1 Å². The molecule has 2 rings (SSSR count). The molecular formula is C12H17BrN2. The third kappa shape index (κ3) is 2.52. The summed E-state index contributed by atoms with van der Waals surface area (Å²) in [5.41, 5.74) is 1.34. The molecule has 1 aromatic carbocycles. The topological polar surface area (TPSA) is 6.48 Å². The van der Waals surface area contributed by atoms with Gasteiger partial charge in [-0.15, -0.1) is 0 Å². The van der Waals surface area contributed by atoms with Crippen LogP contribution < -0.4 is 4.90 Å². The minimum absolute atomic E-state index is 0.702. The summed E-state index contributed by atoms with van der Waals surface area (Å²) in [6, 6.07) is 9.29. The van der Waals surface area contributed by atoms with E-state index in [1.54, 1.807) is 0 Å². The molecule has 1 aliphatic heterocycles. The van der Waals surface area contributed by atoms with Gasteiger partial charge in [-0.2, -0.15) is 0 Å². The van der Waals surface area contributed by atoms with Crippen LogP contribution in [-0.2, 0) is 0 Å². The smallest absolute Gasteiger partial charge is 0.0367 e. The molecule has 15 heavy (non-hydrogen) atoms. The van der Waals surface area contributed by atoms with Crippen LogP contribution >= 0.6 is 15.9 Å². The van der Waals surface area contributed by atoms with Gasteiger partial charge in [0, 0.05) is 29.3 Å². The van der Waals surface area contributed by atoms with Crippen LogP contribution in [0.25, 0.3) is 0 Å². The molecule has 0 saturated carbocycles. The van der Waals surface area contributed by atoms with E-state index in [4.69, 9.17) is 0 Å². The van der Waals surface area contributed by atoms with E-state index in [1.165, 1.54) is 18.7 Å². The van der Waals surface area contributed by atoms with E-state index in [9.17, 15) is 0 Å². The van der Waals surface area contributed by atoms with Crippen molar-refractivity contribution in [3.05, 3.63) is 28.7 Å². The van der Waals surface area contributed by atoms with Crippen LogP contribution in [0.3, 0.4) is 0 Å². The summed E-state index contributed by atoms with van der Waals surface area (Å²) < 4.78 is 1.15. The molecule has 3 heteroatoms. The predicted molar refractivity (Wildman–Crippen MR) is 68.4 cm³/mol. The Hall–Kier alpha value is -0.540. The molecule has 0 spiro atoms. The molecule has 1 heterocycles. The Kier molecular flexibility index (Phi) is 3.32. The molecule has 0 aliphatic carbocycles. The zero-order valence-corrected chi connectivity index (χ0v) is 10.9. The van der Waals surface area contributed by atoms with Gasteiger partial charge in [-0.3, -0.25) is 0 Å². The molecule has 0 N–H and O–H groups in total. The molecule has 0 unspecified atom stereocenters. The fraction of sp³-hybridized carbons (Fsp3) is 0.500. The van der Waals surface area contributed by atoms with Crippen LogP contribution in [0, 0.1) is 0 Å². The highest BCUT2D eigenvalue weighted by Gasteiger charge is 2.23. The van der Waals surface area contributed by atoms with Gasteiger partial charge in [-0.05, 0) is 44.8 Å². The van der Waals surface area contributed by atoms with Gasteiger partial charge >= 0.3 is 0 Å². The fourth-order valence-electron chi connectivity index (χ4n) is 2.05. The van der Waals surface area contributed by atoms with Gasteiger partial charge in [0.1, 0.15) is 0 Å². The van der Waals surface area contributed by atoms with E-state index < -0.39 is 0 Å². The average Bonchev–Trinajstić information content (AvgIpc) is 2.68. The molecule has 0 bridgehead atoms. The van der Waals surface area contributed by atoms with Gasteiger partial charge in [0.2, 0.25) is 0 Å². The zero-order valence-electron chi connectivity index (χ0n) is 9.28. The van der Waals surface area contributed by atoms with Crippen molar-refractivity contribution in [2.45, 2.75) is 12.5 Å². The molecule has 1 atom stereocenters. The molecular weight excluding hydrogens is 252 g/mol. The van der Waals surface area contributed by atoms with Crippen molar-refractivity contribution < 1.29 is 0 Å². The normalized spacial score (nSPS) is 21.3. The first-order chi connectivity index (χ1) is 7.16.